The SMILES string of the molecule is CC(=O)NC(CCCCN)C(=O)N(C(C)=O)c1ccc(-c2ccc(CN(C(=O)C(N)c3ccccc3)C3C(=O)N4C(C(=O)O)=C(COC(C)=O)CS[C@@H]34)c(=O)[nH]2)cc1. The van der Waals surface area contributed by atoms with Crippen LogP contribution in [0.15, 0.2) is 82.8 Å². The number of β-lactam (4-membered cyclic amide) rings is 1. The Hall–Kier alpha value is -6.11. The fourth-order valence-electron chi connectivity index (χ4n) is 6.80. The number of benzene rings is 2. The molecule has 3 aromatic rings. The number of nitrogens with one attached hydrogen (secondary N) is 2. The Morgan fingerprint density at radius 1 is 0.966 bits per heavy atom. The van der Waals surface area contributed by atoms with Gasteiger partial charge in [-0.25, -0.2) is 9.69 Å². The van der Waals surface area contributed by atoms with Gasteiger partial charge in [0.1, 0.15) is 35.8 Å². The van der Waals surface area contributed by atoms with E-state index in [1.54, 1.807) is 48.5 Å². The first-order valence-corrected chi connectivity index (χ1v) is 19.5. The number of thioether (sulfide) groups is 1. The molecule has 0 bridgehead atoms. The lowest BCUT2D eigenvalue weighted by Crippen LogP contribution is -2.71. The number of anilines is 1. The predicted octanol–water partition coefficient (Wildman–Crippen LogP) is 1.77. The average molecular weight is 816 g/mol. The molecule has 4 atom stereocenters. The molecule has 58 heavy (non-hydrogen) atoms. The second kappa shape index (κ2) is 18.9. The van der Waals surface area contributed by atoms with Gasteiger partial charge in [0.05, 0.1) is 12.2 Å². The number of pyridine rings is 1. The van der Waals surface area contributed by atoms with Gasteiger partial charge in [0.2, 0.25) is 17.7 Å². The number of unbranched alkanes of at least 4 members (excludes halogenated alkanes) is 1. The minimum absolute atomic E-state index is 0.101. The number of aromatic nitrogens is 1. The molecule has 1 saturated heterocycles. The number of esters is 1. The molecule has 2 aliphatic rings. The minimum atomic E-state index is -1.40. The second-order valence-electron chi connectivity index (χ2n) is 13.8. The van der Waals surface area contributed by atoms with Crippen LogP contribution in [-0.2, 0) is 44.8 Å². The van der Waals surface area contributed by atoms with E-state index in [2.05, 4.69) is 10.3 Å². The largest absolute Gasteiger partial charge is 0.477 e. The number of carbonyl (C=O) groups is 7. The van der Waals surface area contributed by atoms with Crippen LogP contribution in [0.2, 0.25) is 0 Å². The molecule has 5 rings (SSSR count). The molecule has 0 radical (unpaired) electrons. The summed E-state index contributed by atoms with van der Waals surface area (Å²) in [7, 11) is 0. The standard InChI is InChI=1S/C40H45N7O10S/c1-22(48)43-31(11-7-8-18-41)36(52)46(23(2)49)29-15-12-25(13-16-29)30-17-14-27(35(51)44-30)19-45(37(53)32(42)26-9-5-4-6-10-26)34-38(54)47-33(40(55)56)28(20-57-24(3)50)21-58-39(34)47/h4-6,9-10,12-17,31-32,34,39H,7-8,11,18-21,41-42H2,1-3H3,(H,43,48)(H,44,51)(H,55,56)/t31?,32?,34?,39-/m0/s1. The third kappa shape index (κ3) is 9.53. The number of aromatic amines is 1. The summed E-state index contributed by atoms with van der Waals surface area (Å²) in [5, 5.41) is 11.8. The Kier molecular flexibility index (Phi) is 14.0. The van der Waals surface area contributed by atoms with E-state index in [4.69, 9.17) is 16.2 Å². The number of ether oxygens (including phenoxy) is 1. The first kappa shape index (κ1) is 43.0. The van der Waals surface area contributed by atoms with E-state index in [-0.39, 0.29) is 47.8 Å². The number of fused-ring (bicyclic) bond motifs is 1. The number of H-pyrrole nitrogens is 1. The van der Waals surface area contributed by atoms with Crippen molar-refractivity contribution in [2.24, 2.45) is 11.5 Å². The molecule has 17 nitrogen and oxygen atoms in total. The second-order valence-corrected chi connectivity index (χ2v) is 14.9. The normalized spacial score (nSPS) is 17.0. The summed E-state index contributed by atoms with van der Waals surface area (Å²) in [6.45, 7) is 3.44. The summed E-state index contributed by atoms with van der Waals surface area (Å²) >= 11 is 1.19. The van der Waals surface area contributed by atoms with Crippen LogP contribution in [0.5, 0.6) is 0 Å². The molecule has 0 saturated carbocycles. The van der Waals surface area contributed by atoms with Gasteiger partial charge in [0.25, 0.3) is 17.4 Å². The summed E-state index contributed by atoms with van der Waals surface area (Å²) in [4.78, 5) is 110. The number of hydrogen-bond acceptors (Lipinski definition) is 12. The van der Waals surface area contributed by atoms with Crippen molar-refractivity contribution in [2.75, 3.05) is 23.8 Å². The minimum Gasteiger partial charge on any atom is -0.477 e. The fraction of sp³-hybridized carbons (Fsp3) is 0.350. The Balaban J connectivity index is 1.41. The highest BCUT2D eigenvalue weighted by Crippen LogP contribution is 2.43. The lowest BCUT2D eigenvalue weighted by Gasteiger charge is -2.53. The van der Waals surface area contributed by atoms with Crippen LogP contribution in [0.4, 0.5) is 5.69 Å². The summed E-state index contributed by atoms with van der Waals surface area (Å²) in [6, 6.07) is 14.5. The summed E-state index contributed by atoms with van der Waals surface area (Å²) in [6.07, 6.45) is 1.48. The van der Waals surface area contributed by atoms with Crippen molar-refractivity contribution in [1.82, 2.24) is 20.1 Å². The van der Waals surface area contributed by atoms with Crippen LogP contribution in [0.3, 0.4) is 0 Å². The van der Waals surface area contributed by atoms with Gasteiger partial charge in [-0.1, -0.05) is 42.5 Å². The first-order valence-electron chi connectivity index (χ1n) is 18.4. The van der Waals surface area contributed by atoms with E-state index in [0.29, 0.717) is 36.2 Å². The van der Waals surface area contributed by atoms with Gasteiger partial charge >= 0.3 is 11.9 Å². The van der Waals surface area contributed by atoms with Gasteiger partial charge in [0.15, 0.2) is 0 Å². The molecular formula is C40H45N7O10S. The summed E-state index contributed by atoms with van der Waals surface area (Å²) < 4.78 is 5.03. The number of amides is 5. The molecule has 2 aromatic carbocycles. The maximum atomic E-state index is 14.1. The summed E-state index contributed by atoms with van der Waals surface area (Å²) in [5.74, 6) is -4.87. The number of nitrogens with zero attached hydrogens (tertiary/aromatic N) is 3. The zero-order chi connectivity index (χ0) is 42.3. The Labute approximate surface area is 337 Å². The molecule has 1 fully saturated rings. The lowest BCUT2D eigenvalue weighted by atomic mass is 9.98. The molecule has 3 unspecified atom stereocenters. The maximum absolute atomic E-state index is 14.1. The number of carbonyl (C=O) groups excluding carboxylic acids is 6. The van der Waals surface area contributed by atoms with Gasteiger partial charge in [-0.2, -0.15) is 0 Å². The van der Waals surface area contributed by atoms with Crippen molar-refractivity contribution in [1.29, 1.82) is 0 Å². The molecule has 7 N–H and O–H groups in total. The van der Waals surface area contributed by atoms with E-state index >= 15 is 0 Å². The van der Waals surface area contributed by atoms with E-state index in [0.717, 1.165) is 9.80 Å². The third-order valence-corrected chi connectivity index (χ3v) is 11.0. The van der Waals surface area contributed by atoms with Crippen molar-refractivity contribution < 1.29 is 43.4 Å². The quantitative estimate of drug-likeness (QED) is 0.0786. The van der Waals surface area contributed by atoms with Gasteiger partial charge in [-0.15, -0.1) is 11.8 Å². The molecule has 0 spiro atoms. The number of rotatable bonds is 16. The number of hydrogen-bond donors (Lipinski definition) is 5. The summed E-state index contributed by atoms with van der Waals surface area (Å²) in [5.41, 5.74) is 13.0. The fourth-order valence-corrected chi connectivity index (χ4v) is 8.19. The highest BCUT2D eigenvalue weighted by Gasteiger charge is 2.57. The smallest absolute Gasteiger partial charge is 0.352 e. The van der Waals surface area contributed by atoms with Crippen molar-refractivity contribution in [2.45, 2.75) is 70.1 Å². The zero-order valence-electron chi connectivity index (χ0n) is 32.1. The molecule has 0 aliphatic carbocycles. The van der Waals surface area contributed by atoms with Crippen molar-refractivity contribution >= 4 is 58.9 Å². The third-order valence-electron chi connectivity index (χ3n) is 9.64. The topological polar surface area (TPSA) is 256 Å². The van der Waals surface area contributed by atoms with Crippen LogP contribution in [-0.4, -0.2) is 97.7 Å². The molecule has 3 heterocycles. The van der Waals surface area contributed by atoms with E-state index < -0.39 is 70.5 Å². The van der Waals surface area contributed by atoms with Crippen LogP contribution in [0, 0.1) is 0 Å². The van der Waals surface area contributed by atoms with E-state index in [1.165, 1.54) is 55.6 Å². The van der Waals surface area contributed by atoms with Gasteiger partial charge in [-0.3, -0.25) is 38.5 Å². The van der Waals surface area contributed by atoms with E-state index in [1.807, 2.05) is 0 Å². The van der Waals surface area contributed by atoms with Gasteiger partial charge < -0.3 is 36.5 Å². The highest BCUT2D eigenvalue weighted by molar-refractivity contribution is 8.00. The van der Waals surface area contributed by atoms with Crippen LogP contribution in [0.1, 0.15) is 57.2 Å². The maximum Gasteiger partial charge on any atom is 0.352 e. The van der Waals surface area contributed by atoms with Crippen LogP contribution < -0.4 is 27.2 Å². The lowest BCUT2D eigenvalue weighted by molar-refractivity contribution is -0.161. The van der Waals surface area contributed by atoms with Crippen molar-refractivity contribution in [3.05, 3.63) is 99.5 Å². The first-order chi connectivity index (χ1) is 27.6. The average Bonchev–Trinajstić information content (AvgIpc) is 3.19. The number of aliphatic carboxylic acids is 1. The van der Waals surface area contributed by atoms with Gasteiger partial charge in [-0.05, 0) is 61.2 Å². The molecular weight excluding hydrogens is 771 g/mol. The highest BCUT2D eigenvalue weighted by atomic mass is 32.2. The van der Waals surface area contributed by atoms with Crippen molar-refractivity contribution in [3.63, 3.8) is 0 Å². The number of carboxylic acid groups (broad SMARTS) is 1. The van der Waals surface area contributed by atoms with Crippen LogP contribution in [0.25, 0.3) is 11.3 Å². The Morgan fingerprint density at radius 2 is 1.66 bits per heavy atom. The molecule has 1 aromatic heterocycles. The van der Waals surface area contributed by atoms with E-state index in [9.17, 15) is 43.5 Å². The zero-order valence-corrected chi connectivity index (χ0v) is 33.0. The predicted molar refractivity (Wildman–Crippen MR) is 213 cm³/mol. The molecule has 2 aliphatic heterocycles. The molecule has 18 heteroatoms. The monoisotopic (exact) mass is 815 g/mol. The Bertz CT molecular complexity index is 2180. The molecule has 306 valence electrons. The molecule has 5 amide bonds. The van der Waals surface area contributed by atoms with Gasteiger partial charge in [0, 0.05) is 43.4 Å². The van der Waals surface area contributed by atoms with Crippen LogP contribution >= 0.6 is 11.8 Å². The number of carboxylic acids is 1. The number of nitrogens with two attached hydrogens (primary N) is 2. The van der Waals surface area contributed by atoms with Crippen molar-refractivity contribution in [3.8, 4) is 11.3 Å². The number of imide groups is 1. The Morgan fingerprint density at radius 3 is 2.24 bits per heavy atom.